The van der Waals surface area contributed by atoms with E-state index in [2.05, 4.69) is 19.2 Å². The first-order valence-corrected chi connectivity index (χ1v) is 6.64. The van der Waals surface area contributed by atoms with Gasteiger partial charge >= 0.3 is 5.97 Å². The maximum absolute atomic E-state index is 11.3. The second-order valence-corrected chi connectivity index (χ2v) is 4.96. The van der Waals surface area contributed by atoms with Gasteiger partial charge in [0.05, 0.1) is 23.9 Å². The molecule has 0 saturated heterocycles. The Bertz CT molecular complexity index is 429. The molecule has 0 amide bonds. The normalized spacial score (nSPS) is 12.5. The largest absolute Gasteiger partial charge is 0.478 e. The van der Waals surface area contributed by atoms with Gasteiger partial charge in [0, 0.05) is 6.61 Å². The molecule has 19 heavy (non-hydrogen) atoms. The Morgan fingerprint density at radius 1 is 1.42 bits per heavy atom. The molecular weight excluding hydrogens is 242 g/mol. The first-order chi connectivity index (χ1) is 8.97. The first kappa shape index (κ1) is 15.5. The van der Waals surface area contributed by atoms with Crippen LogP contribution in [-0.4, -0.2) is 30.3 Å². The summed E-state index contributed by atoms with van der Waals surface area (Å²) in [7, 11) is 0. The molecule has 0 spiro atoms. The third-order valence-electron chi connectivity index (χ3n) is 3.14. The van der Waals surface area contributed by atoms with Crippen LogP contribution >= 0.6 is 0 Å². The molecule has 1 aromatic carbocycles. The lowest BCUT2D eigenvalue weighted by Crippen LogP contribution is -2.32. The zero-order valence-corrected chi connectivity index (χ0v) is 12.1. The number of ether oxygens (including phenoxy) is 1. The van der Waals surface area contributed by atoms with Crippen LogP contribution in [0, 0.1) is 12.8 Å². The molecule has 0 bridgehead atoms. The van der Waals surface area contributed by atoms with Crippen molar-refractivity contribution in [3.63, 3.8) is 0 Å². The molecule has 0 saturated carbocycles. The van der Waals surface area contributed by atoms with Crippen molar-refractivity contribution in [1.82, 2.24) is 0 Å². The van der Waals surface area contributed by atoms with E-state index in [0.717, 1.165) is 5.56 Å². The predicted molar refractivity (Wildman–Crippen MR) is 76.9 cm³/mol. The highest BCUT2D eigenvalue weighted by Gasteiger charge is 2.18. The summed E-state index contributed by atoms with van der Waals surface area (Å²) >= 11 is 0. The highest BCUT2D eigenvalue weighted by atomic mass is 16.5. The summed E-state index contributed by atoms with van der Waals surface area (Å²) in [6.45, 7) is 9.28. The number of para-hydroxylation sites is 1. The van der Waals surface area contributed by atoms with Crippen molar-refractivity contribution in [2.75, 3.05) is 18.5 Å². The van der Waals surface area contributed by atoms with Gasteiger partial charge in [0.15, 0.2) is 0 Å². The fourth-order valence-corrected chi connectivity index (χ4v) is 1.87. The van der Waals surface area contributed by atoms with Crippen molar-refractivity contribution in [2.45, 2.75) is 33.7 Å². The zero-order chi connectivity index (χ0) is 14.4. The Balaban J connectivity index is 2.98. The third kappa shape index (κ3) is 4.24. The monoisotopic (exact) mass is 265 g/mol. The van der Waals surface area contributed by atoms with Crippen LogP contribution in [0.1, 0.15) is 36.7 Å². The number of aryl methyl sites for hydroxylation is 1. The molecule has 1 unspecified atom stereocenters. The average Bonchev–Trinajstić information content (AvgIpc) is 2.35. The van der Waals surface area contributed by atoms with E-state index >= 15 is 0 Å². The van der Waals surface area contributed by atoms with E-state index in [4.69, 9.17) is 4.74 Å². The SMILES string of the molecule is CCOCC(Nc1c(C)cccc1C(=O)O)C(C)C. The average molecular weight is 265 g/mol. The van der Waals surface area contributed by atoms with Gasteiger partial charge in [-0.25, -0.2) is 4.79 Å². The third-order valence-corrected chi connectivity index (χ3v) is 3.14. The first-order valence-electron chi connectivity index (χ1n) is 6.64. The van der Waals surface area contributed by atoms with Crippen molar-refractivity contribution in [1.29, 1.82) is 0 Å². The van der Waals surface area contributed by atoms with Gasteiger partial charge in [0.2, 0.25) is 0 Å². The Morgan fingerprint density at radius 2 is 2.11 bits per heavy atom. The van der Waals surface area contributed by atoms with Crippen molar-refractivity contribution in [3.05, 3.63) is 29.3 Å². The maximum atomic E-state index is 11.3. The molecule has 1 aromatic rings. The predicted octanol–water partition coefficient (Wildman–Crippen LogP) is 3.17. The molecular formula is C15H23NO3. The molecule has 4 nitrogen and oxygen atoms in total. The van der Waals surface area contributed by atoms with Gasteiger partial charge in [-0.05, 0) is 31.4 Å². The summed E-state index contributed by atoms with van der Waals surface area (Å²) in [4.78, 5) is 11.3. The van der Waals surface area contributed by atoms with Crippen molar-refractivity contribution in [3.8, 4) is 0 Å². The van der Waals surface area contributed by atoms with Crippen LogP contribution < -0.4 is 5.32 Å². The summed E-state index contributed by atoms with van der Waals surface area (Å²) in [5.41, 5.74) is 1.93. The number of hydrogen-bond donors (Lipinski definition) is 2. The summed E-state index contributed by atoms with van der Waals surface area (Å²) in [6, 6.07) is 5.39. The second-order valence-electron chi connectivity index (χ2n) is 4.96. The molecule has 0 aliphatic heterocycles. The van der Waals surface area contributed by atoms with Crippen LogP contribution in [0.5, 0.6) is 0 Å². The second kappa shape index (κ2) is 7.14. The molecule has 0 aliphatic carbocycles. The van der Waals surface area contributed by atoms with Gasteiger partial charge < -0.3 is 15.2 Å². The van der Waals surface area contributed by atoms with Crippen LogP contribution in [0.4, 0.5) is 5.69 Å². The molecule has 2 N–H and O–H groups in total. The van der Waals surface area contributed by atoms with Gasteiger partial charge in [-0.1, -0.05) is 26.0 Å². The number of nitrogens with one attached hydrogen (secondary N) is 1. The smallest absolute Gasteiger partial charge is 0.337 e. The van der Waals surface area contributed by atoms with Crippen LogP contribution in [0.3, 0.4) is 0 Å². The van der Waals surface area contributed by atoms with Gasteiger partial charge in [-0.3, -0.25) is 0 Å². The molecule has 0 radical (unpaired) electrons. The minimum Gasteiger partial charge on any atom is -0.478 e. The fourth-order valence-electron chi connectivity index (χ4n) is 1.87. The Hall–Kier alpha value is -1.55. The van der Waals surface area contributed by atoms with Crippen LogP contribution in [-0.2, 0) is 4.74 Å². The molecule has 1 atom stereocenters. The summed E-state index contributed by atoms with van der Waals surface area (Å²) in [5.74, 6) is -0.557. The number of carbonyl (C=O) groups is 1. The molecule has 0 aromatic heterocycles. The van der Waals surface area contributed by atoms with E-state index in [9.17, 15) is 9.90 Å². The lowest BCUT2D eigenvalue weighted by Gasteiger charge is -2.25. The Labute approximate surface area is 114 Å². The fraction of sp³-hybridized carbons (Fsp3) is 0.533. The summed E-state index contributed by atoms with van der Waals surface area (Å²) < 4.78 is 5.46. The maximum Gasteiger partial charge on any atom is 0.337 e. The summed E-state index contributed by atoms with van der Waals surface area (Å²) in [5, 5.41) is 12.6. The Kier molecular flexibility index (Phi) is 5.83. The molecule has 106 valence electrons. The van der Waals surface area contributed by atoms with Crippen molar-refractivity contribution >= 4 is 11.7 Å². The van der Waals surface area contributed by atoms with Crippen LogP contribution in [0.2, 0.25) is 0 Å². The highest BCUT2D eigenvalue weighted by molar-refractivity contribution is 5.95. The minimum absolute atomic E-state index is 0.0964. The lowest BCUT2D eigenvalue weighted by atomic mass is 10.0. The van der Waals surface area contributed by atoms with Crippen molar-refractivity contribution in [2.24, 2.45) is 5.92 Å². The number of carboxylic acid groups (broad SMARTS) is 1. The van der Waals surface area contributed by atoms with Gasteiger partial charge in [-0.15, -0.1) is 0 Å². The van der Waals surface area contributed by atoms with E-state index in [1.54, 1.807) is 12.1 Å². The van der Waals surface area contributed by atoms with Gasteiger partial charge in [0.25, 0.3) is 0 Å². The van der Waals surface area contributed by atoms with E-state index in [0.29, 0.717) is 30.4 Å². The Morgan fingerprint density at radius 3 is 2.63 bits per heavy atom. The van der Waals surface area contributed by atoms with E-state index in [1.807, 2.05) is 19.9 Å². The van der Waals surface area contributed by atoms with E-state index < -0.39 is 5.97 Å². The van der Waals surface area contributed by atoms with Crippen LogP contribution in [0.25, 0.3) is 0 Å². The van der Waals surface area contributed by atoms with E-state index in [1.165, 1.54) is 0 Å². The van der Waals surface area contributed by atoms with Crippen molar-refractivity contribution < 1.29 is 14.6 Å². The molecule has 4 heteroatoms. The van der Waals surface area contributed by atoms with Gasteiger partial charge in [-0.2, -0.15) is 0 Å². The summed E-state index contributed by atoms with van der Waals surface area (Å²) in [6.07, 6.45) is 0. The standard InChI is InChI=1S/C15H23NO3/c1-5-19-9-13(10(2)3)16-14-11(4)7-6-8-12(14)15(17)18/h6-8,10,13,16H,5,9H2,1-4H3,(H,17,18). The molecule has 0 fully saturated rings. The lowest BCUT2D eigenvalue weighted by molar-refractivity contribution is 0.0697. The number of anilines is 1. The molecule has 0 aliphatic rings. The number of carboxylic acids is 1. The topological polar surface area (TPSA) is 58.6 Å². The van der Waals surface area contributed by atoms with E-state index in [-0.39, 0.29) is 6.04 Å². The number of hydrogen-bond acceptors (Lipinski definition) is 3. The quantitative estimate of drug-likeness (QED) is 0.795. The number of benzene rings is 1. The number of rotatable bonds is 7. The molecule has 0 heterocycles. The van der Waals surface area contributed by atoms with Gasteiger partial charge in [0.1, 0.15) is 0 Å². The van der Waals surface area contributed by atoms with Crippen LogP contribution in [0.15, 0.2) is 18.2 Å². The molecule has 1 rings (SSSR count). The zero-order valence-electron chi connectivity index (χ0n) is 12.1. The highest BCUT2D eigenvalue weighted by Crippen LogP contribution is 2.23. The number of aromatic carboxylic acids is 1. The minimum atomic E-state index is -0.912.